The van der Waals surface area contributed by atoms with Crippen LogP contribution in [0.2, 0.25) is 0 Å². The quantitative estimate of drug-likeness (QED) is 0.740. The summed E-state index contributed by atoms with van der Waals surface area (Å²) in [6.45, 7) is 2.31. The minimum absolute atomic E-state index is 0.0849. The Hall–Kier alpha value is -3.26. The Morgan fingerprint density at radius 2 is 1.74 bits per heavy atom. The lowest BCUT2D eigenvalue weighted by Crippen LogP contribution is -2.19. The molecule has 2 rings (SSSR count). The fourth-order valence-electron chi connectivity index (χ4n) is 2.25. The Labute approximate surface area is 153 Å². The highest BCUT2D eigenvalue weighted by molar-refractivity contribution is 5.53. The molecule has 4 nitrogen and oxygen atoms in total. The minimum atomic E-state index is -4.61. The maximum absolute atomic E-state index is 13.5. The molecule has 0 aliphatic heterocycles. The molecule has 8 heteroatoms. The van der Waals surface area contributed by atoms with Gasteiger partial charge in [0.1, 0.15) is 17.6 Å². The Bertz CT molecular complexity index is 897. The smallest absolute Gasteiger partial charge is 0.417 e. The number of ether oxygens (including phenoxy) is 1. The van der Waals surface area contributed by atoms with E-state index < -0.39 is 23.1 Å². The molecule has 1 N–H and O–H groups in total. The van der Waals surface area contributed by atoms with E-state index in [1.165, 1.54) is 24.3 Å². The van der Waals surface area contributed by atoms with Crippen LogP contribution in [0.1, 0.15) is 23.6 Å². The standard InChI is InChI=1S/C19H15F4N3O/c1-12(11-27-16-5-3-14(9-25)18(20)7-16)10-26-15-4-2-13(8-24)17(6-15)19(21,22)23/h2-7,12,26H,10-11H2,1H3. The lowest BCUT2D eigenvalue weighted by Gasteiger charge is -2.16. The van der Waals surface area contributed by atoms with E-state index in [1.807, 2.05) is 0 Å². The summed E-state index contributed by atoms with van der Waals surface area (Å²) in [7, 11) is 0. The van der Waals surface area contributed by atoms with E-state index in [1.54, 1.807) is 13.0 Å². The van der Waals surface area contributed by atoms with Gasteiger partial charge in [-0.1, -0.05) is 6.92 Å². The zero-order valence-electron chi connectivity index (χ0n) is 14.3. The van der Waals surface area contributed by atoms with Crippen molar-refractivity contribution >= 4 is 5.69 Å². The summed E-state index contributed by atoms with van der Waals surface area (Å²) in [5, 5.41) is 20.3. The SMILES string of the molecule is CC(CNc1ccc(C#N)c(C(F)(F)F)c1)COc1ccc(C#N)c(F)c1. The van der Waals surface area contributed by atoms with Crippen LogP contribution in [0.25, 0.3) is 0 Å². The summed E-state index contributed by atoms with van der Waals surface area (Å²) < 4.78 is 57.8. The second kappa shape index (κ2) is 8.41. The predicted molar refractivity (Wildman–Crippen MR) is 90.4 cm³/mol. The summed E-state index contributed by atoms with van der Waals surface area (Å²) in [6.07, 6.45) is -4.61. The fourth-order valence-corrected chi connectivity index (χ4v) is 2.25. The first-order valence-corrected chi connectivity index (χ1v) is 7.92. The average molecular weight is 377 g/mol. The Morgan fingerprint density at radius 1 is 1.07 bits per heavy atom. The van der Waals surface area contributed by atoms with Gasteiger partial charge in [-0.3, -0.25) is 0 Å². The van der Waals surface area contributed by atoms with Crippen LogP contribution < -0.4 is 10.1 Å². The van der Waals surface area contributed by atoms with Crippen LogP contribution in [0, 0.1) is 34.4 Å². The van der Waals surface area contributed by atoms with Gasteiger partial charge in [-0.25, -0.2) is 4.39 Å². The molecular formula is C19H15F4N3O. The van der Waals surface area contributed by atoms with Gasteiger partial charge < -0.3 is 10.1 Å². The van der Waals surface area contributed by atoms with Gasteiger partial charge in [0.2, 0.25) is 0 Å². The molecule has 0 radical (unpaired) electrons. The van der Waals surface area contributed by atoms with Crippen molar-refractivity contribution in [2.24, 2.45) is 5.92 Å². The van der Waals surface area contributed by atoms with Crippen molar-refractivity contribution in [1.29, 1.82) is 10.5 Å². The van der Waals surface area contributed by atoms with Crippen molar-refractivity contribution in [3.8, 4) is 17.9 Å². The highest BCUT2D eigenvalue weighted by Gasteiger charge is 2.33. The number of nitriles is 2. The van der Waals surface area contributed by atoms with Crippen LogP contribution in [-0.2, 0) is 6.18 Å². The molecular weight excluding hydrogens is 362 g/mol. The van der Waals surface area contributed by atoms with Crippen molar-refractivity contribution in [3.05, 3.63) is 58.9 Å². The van der Waals surface area contributed by atoms with Crippen molar-refractivity contribution in [2.75, 3.05) is 18.5 Å². The molecule has 0 fully saturated rings. The number of anilines is 1. The van der Waals surface area contributed by atoms with E-state index >= 15 is 0 Å². The number of benzene rings is 2. The Kier molecular flexibility index (Phi) is 6.25. The largest absolute Gasteiger partial charge is 0.493 e. The van der Waals surface area contributed by atoms with E-state index in [-0.39, 0.29) is 29.5 Å². The lowest BCUT2D eigenvalue weighted by atomic mass is 10.1. The van der Waals surface area contributed by atoms with Gasteiger partial charge in [0.05, 0.1) is 29.4 Å². The molecule has 0 bridgehead atoms. The maximum atomic E-state index is 13.5. The van der Waals surface area contributed by atoms with E-state index in [0.717, 1.165) is 18.2 Å². The van der Waals surface area contributed by atoms with Crippen LogP contribution in [0.5, 0.6) is 5.75 Å². The first-order chi connectivity index (χ1) is 12.7. The van der Waals surface area contributed by atoms with Crippen LogP contribution in [0.3, 0.4) is 0 Å². The topological polar surface area (TPSA) is 68.8 Å². The number of rotatable bonds is 6. The number of halogens is 4. The Balaban J connectivity index is 1.94. The summed E-state index contributed by atoms with van der Waals surface area (Å²) in [4.78, 5) is 0. The summed E-state index contributed by atoms with van der Waals surface area (Å²) in [5.41, 5.74) is -1.28. The van der Waals surface area contributed by atoms with E-state index in [0.29, 0.717) is 6.54 Å². The van der Waals surface area contributed by atoms with Crippen LogP contribution in [0.15, 0.2) is 36.4 Å². The predicted octanol–water partition coefficient (Wildman–Crippen LogP) is 4.71. The van der Waals surface area contributed by atoms with Crippen molar-refractivity contribution in [3.63, 3.8) is 0 Å². The molecule has 140 valence electrons. The second-order valence-electron chi connectivity index (χ2n) is 5.92. The minimum Gasteiger partial charge on any atom is -0.493 e. The third kappa shape index (κ3) is 5.35. The van der Waals surface area contributed by atoms with E-state index in [9.17, 15) is 17.6 Å². The molecule has 0 aliphatic rings. The van der Waals surface area contributed by atoms with Gasteiger partial charge in [0.15, 0.2) is 0 Å². The maximum Gasteiger partial charge on any atom is 0.417 e. The zero-order chi connectivity index (χ0) is 20.0. The number of nitrogens with zero attached hydrogens (tertiary/aromatic N) is 2. The highest BCUT2D eigenvalue weighted by Crippen LogP contribution is 2.33. The molecule has 0 saturated heterocycles. The molecule has 0 spiro atoms. The van der Waals surface area contributed by atoms with Gasteiger partial charge >= 0.3 is 6.18 Å². The highest BCUT2D eigenvalue weighted by atomic mass is 19.4. The fraction of sp³-hybridized carbons (Fsp3) is 0.263. The van der Waals surface area contributed by atoms with Crippen molar-refractivity contribution in [1.82, 2.24) is 0 Å². The van der Waals surface area contributed by atoms with E-state index in [2.05, 4.69) is 5.32 Å². The van der Waals surface area contributed by atoms with Crippen LogP contribution in [-0.4, -0.2) is 13.2 Å². The zero-order valence-corrected chi connectivity index (χ0v) is 14.3. The number of hydrogen-bond donors (Lipinski definition) is 1. The molecule has 1 atom stereocenters. The van der Waals surface area contributed by atoms with Crippen molar-refractivity contribution < 1.29 is 22.3 Å². The molecule has 0 aliphatic carbocycles. The Morgan fingerprint density at radius 3 is 2.33 bits per heavy atom. The van der Waals surface area contributed by atoms with Crippen LogP contribution in [0.4, 0.5) is 23.2 Å². The van der Waals surface area contributed by atoms with Crippen LogP contribution >= 0.6 is 0 Å². The van der Waals surface area contributed by atoms with Gasteiger partial charge in [-0.2, -0.15) is 23.7 Å². The van der Waals surface area contributed by atoms with E-state index in [4.69, 9.17) is 15.3 Å². The monoisotopic (exact) mass is 377 g/mol. The third-order valence-corrected chi connectivity index (χ3v) is 3.70. The van der Waals surface area contributed by atoms with Gasteiger partial charge in [-0.05, 0) is 30.3 Å². The molecule has 0 aromatic heterocycles. The average Bonchev–Trinajstić information content (AvgIpc) is 2.63. The second-order valence-corrected chi connectivity index (χ2v) is 5.92. The van der Waals surface area contributed by atoms with Gasteiger partial charge in [0.25, 0.3) is 0 Å². The summed E-state index contributed by atoms with van der Waals surface area (Å²) in [5.74, 6) is -0.525. The van der Waals surface area contributed by atoms with Gasteiger partial charge in [0, 0.05) is 24.2 Å². The number of alkyl halides is 3. The first kappa shape index (κ1) is 20.1. The van der Waals surface area contributed by atoms with Crippen molar-refractivity contribution in [2.45, 2.75) is 13.1 Å². The molecule has 0 amide bonds. The molecule has 1 unspecified atom stereocenters. The van der Waals surface area contributed by atoms with Gasteiger partial charge in [-0.15, -0.1) is 0 Å². The number of hydrogen-bond acceptors (Lipinski definition) is 4. The molecule has 2 aromatic rings. The lowest BCUT2D eigenvalue weighted by molar-refractivity contribution is -0.137. The number of nitrogens with one attached hydrogen (secondary N) is 1. The normalized spacial score (nSPS) is 12.0. The summed E-state index contributed by atoms with van der Waals surface area (Å²) in [6, 6.07) is 10.5. The molecule has 0 heterocycles. The molecule has 2 aromatic carbocycles. The third-order valence-electron chi connectivity index (χ3n) is 3.70. The molecule has 0 saturated carbocycles. The summed E-state index contributed by atoms with van der Waals surface area (Å²) >= 11 is 0. The molecule has 27 heavy (non-hydrogen) atoms. The first-order valence-electron chi connectivity index (χ1n) is 7.92.